The van der Waals surface area contributed by atoms with Crippen LogP contribution in [0.5, 0.6) is 5.75 Å². The number of benzene rings is 1. The number of esters is 1. The lowest BCUT2D eigenvalue weighted by Gasteiger charge is -2.60. The van der Waals surface area contributed by atoms with Gasteiger partial charge in [-0.2, -0.15) is 5.26 Å². The molecule has 1 aromatic carbocycles. The van der Waals surface area contributed by atoms with Gasteiger partial charge < -0.3 is 14.4 Å². The smallest absolute Gasteiger partial charge is 0.310 e. The number of hydrogen-bond donors (Lipinski definition) is 0. The van der Waals surface area contributed by atoms with Gasteiger partial charge in [0.25, 0.3) is 5.91 Å². The number of nitriles is 1. The number of carbonyl (C=O) groups is 2. The minimum atomic E-state index is -0.580. The van der Waals surface area contributed by atoms with E-state index >= 15 is 0 Å². The molecule has 0 unspecified atom stereocenters. The summed E-state index contributed by atoms with van der Waals surface area (Å²) in [5, 5.41) is 9.11. The lowest BCUT2D eigenvalue weighted by Crippen LogP contribution is -2.62. The third-order valence-electron chi connectivity index (χ3n) is 7.25. The van der Waals surface area contributed by atoms with Crippen LogP contribution in [0.4, 0.5) is 4.39 Å². The SMILES string of the molecule is COc1ccc(CC(=O)OCC(=O)N(CCC#N)C23CC4CC(CC(C4)C2)C3)cc1F. The highest BCUT2D eigenvalue weighted by Gasteiger charge is 2.54. The van der Waals surface area contributed by atoms with E-state index < -0.39 is 11.8 Å². The number of nitrogens with zero attached hydrogens (tertiary/aromatic N) is 2. The molecule has 1 aromatic rings. The highest BCUT2D eigenvalue weighted by molar-refractivity contribution is 5.82. The van der Waals surface area contributed by atoms with E-state index in [4.69, 9.17) is 14.7 Å². The fourth-order valence-electron chi connectivity index (χ4n) is 6.44. The number of methoxy groups -OCH3 is 1. The average Bonchev–Trinajstić information content (AvgIpc) is 2.71. The van der Waals surface area contributed by atoms with Crippen LogP contribution in [0.3, 0.4) is 0 Å². The van der Waals surface area contributed by atoms with Gasteiger partial charge in [0.1, 0.15) is 0 Å². The van der Waals surface area contributed by atoms with Crippen molar-refractivity contribution in [1.82, 2.24) is 4.90 Å². The zero-order chi connectivity index (χ0) is 22.0. The third-order valence-corrected chi connectivity index (χ3v) is 7.25. The molecule has 0 atom stereocenters. The summed E-state index contributed by atoms with van der Waals surface area (Å²) in [5.74, 6) is 0.739. The van der Waals surface area contributed by atoms with Crippen molar-refractivity contribution < 1.29 is 23.5 Å². The van der Waals surface area contributed by atoms with E-state index in [1.807, 2.05) is 4.90 Å². The Morgan fingerprint density at radius 1 is 1.19 bits per heavy atom. The number of halogens is 1. The van der Waals surface area contributed by atoms with Crippen molar-refractivity contribution in [3.05, 3.63) is 29.6 Å². The Bertz CT molecular complexity index is 859. The van der Waals surface area contributed by atoms with Gasteiger partial charge in [0, 0.05) is 12.1 Å². The van der Waals surface area contributed by atoms with Crippen molar-refractivity contribution in [2.24, 2.45) is 17.8 Å². The Morgan fingerprint density at radius 3 is 2.39 bits per heavy atom. The molecule has 0 aliphatic heterocycles. The predicted octanol–water partition coefficient (Wildman–Crippen LogP) is 3.63. The minimum absolute atomic E-state index is 0.107. The summed E-state index contributed by atoms with van der Waals surface area (Å²) in [6.07, 6.45) is 6.91. The molecule has 0 radical (unpaired) electrons. The molecule has 0 saturated heterocycles. The molecule has 5 rings (SSSR count). The Hall–Kier alpha value is -2.62. The van der Waals surface area contributed by atoms with Crippen molar-refractivity contribution >= 4 is 11.9 Å². The lowest BCUT2D eigenvalue weighted by molar-refractivity contribution is -0.162. The van der Waals surface area contributed by atoms with Gasteiger partial charge in [-0.25, -0.2) is 4.39 Å². The van der Waals surface area contributed by atoms with Crippen molar-refractivity contribution in [2.45, 2.75) is 56.9 Å². The van der Waals surface area contributed by atoms with Crippen LogP contribution in [0.25, 0.3) is 0 Å². The summed E-state index contributed by atoms with van der Waals surface area (Å²) >= 11 is 0. The quantitative estimate of drug-likeness (QED) is 0.591. The van der Waals surface area contributed by atoms with Crippen molar-refractivity contribution in [1.29, 1.82) is 5.26 Å². The molecule has 1 amide bonds. The second kappa shape index (κ2) is 8.86. The van der Waals surface area contributed by atoms with E-state index in [9.17, 15) is 14.0 Å². The van der Waals surface area contributed by atoms with E-state index in [0.717, 1.165) is 19.3 Å². The predicted molar refractivity (Wildman–Crippen MR) is 110 cm³/mol. The molecule has 4 saturated carbocycles. The minimum Gasteiger partial charge on any atom is -0.494 e. The van der Waals surface area contributed by atoms with Crippen LogP contribution in [-0.4, -0.2) is 42.6 Å². The molecule has 166 valence electrons. The van der Waals surface area contributed by atoms with Crippen LogP contribution in [0.1, 0.15) is 50.5 Å². The molecule has 0 N–H and O–H groups in total. The molecule has 4 bridgehead atoms. The van der Waals surface area contributed by atoms with Crippen LogP contribution in [0.2, 0.25) is 0 Å². The van der Waals surface area contributed by atoms with Gasteiger partial charge in [-0.3, -0.25) is 9.59 Å². The summed E-state index contributed by atoms with van der Waals surface area (Å²) in [7, 11) is 1.37. The average molecular weight is 429 g/mol. The zero-order valence-electron chi connectivity index (χ0n) is 17.9. The van der Waals surface area contributed by atoms with Gasteiger partial charge in [0.2, 0.25) is 0 Å². The standard InChI is InChI=1S/C24H29FN2O4/c1-30-21-4-3-16(10-20(21)25)11-23(29)31-15-22(28)27(6-2-5-26)24-12-17-7-18(13-24)9-19(8-17)14-24/h3-4,10,17-19H,2,6-9,11-15H2,1H3. The molecule has 4 aliphatic rings. The highest BCUT2D eigenvalue weighted by atomic mass is 19.1. The first-order valence-corrected chi connectivity index (χ1v) is 11.1. The fourth-order valence-corrected chi connectivity index (χ4v) is 6.44. The molecule has 0 spiro atoms. The molecule has 0 aromatic heterocycles. The summed E-state index contributed by atoms with van der Waals surface area (Å²) in [6, 6.07) is 6.44. The van der Waals surface area contributed by atoms with Crippen LogP contribution in [0.15, 0.2) is 18.2 Å². The largest absolute Gasteiger partial charge is 0.494 e. The molecular formula is C24H29FN2O4. The Balaban J connectivity index is 1.38. The van der Waals surface area contributed by atoms with Gasteiger partial charge in [0.15, 0.2) is 18.2 Å². The summed E-state index contributed by atoms with van der Waals surface area (Å²) in [4.78, 5) is 27.2. The summed E-state index contributed by atoms with van der Waals surface area (Å²) in [5.41, 5.74) is 0.270. The van der Waals surface area contributed by atoms with Gasteiger partial charge >= 0.3 is 5.97 Å². The molecule has 4 fully saturated rings. The summed E-state index contributed by atoms with van der Waals surface area (Å²) < 4.78 is 24.0. The number of hydrogen-bond acceptors (Lipinski definition) is 5. The maximum Gasteiger partial charge on any atom is 0.310 e. The van der Waals surface area contributed by atoms with Crippen LogP contribution in [-0.2, 0) is 20.7 Å². The van der Waals surface area contributed by atoms with Crippen molar-refractivity contribution in [3.8, 4) is 11.8 Å². The zero-order valence-corrected chi connectivity index (χ0v) is 17.9. The first kappa shape index (κ1) is 21.6. The van der Waals surface area contributed by atoms with Gasteiger partial charge in [-0.15, -0.1) is 0 Å². The second-order valence-electron chi connectivity index (χ2n) is 9.40. The topological polar surface area (TPSA) is 79.6 Å². The normalized spacial score (nSPS) is 28.1. The number of carbonyl (C=O) groups excluding carboxylic acids is 2. The molecule has 7 heteroatoms. The second-order valence-corrected chi connectivity index (χ2v) is 9.40. The molecule has 0 heterocycles. The number of rotatable bonds is 8. The van der Waals surface area contributed by atoms with Gasteiger partial charge in [-0.05, 0) is 74.0 Å². The van der Waals surface area contributed by atoms with Gasteiger partial charge in [-0.1, -0.05) is 6.07 Å². The first-order chi connectivity index (χ1) is 14.9. The lowest BCUT2D eigenvalue weighted by atomic mass is 9.52. The van der Waals surface area contributed by atoms with E-state index in [1.54, 1.807) is 6.07 Å². The fraction of sp³-hybridized carbons (Fsp3) is 0.625. The highest BCUT2D eigenvalue weighted by Crippen LogP contribution is 2.57. The molecule has 6 nitrogen and oxygen atoms in total. The van der Waals surface area contributed by atoms with E-state index in [2.05, 4.69) is 6.07 Å². The maximum absolute atomic E-state index is 13.8. The van der Waals surface area contributed by atoms with Crippen molar-refractivity contribution in [3.63, 3.8) is 0 Å². The van der Waals surface area contributed by atoms with Crippen LogP contribution >= 0.6 is 0 Å². The molecule has 31 heavy (non-hydrogen) atoms. The Kier molecular flexibility index (Phi) is 6.17. The van der Waals surface area contributed by atoms with E-state index in [0.29, 0.717) is 29.9 Å². The van der Waals surface area contributed by atoms with E-state index in [-0.39, 0.29) is 36.6 Å². The Morgan fingerprint density at radius 2 is 1.84 bits per heavy atom. The first-order valence-electron chi connectivity index (χ1n) is 11.1. The van der Waals surface area contributed by atoms with Crippen molar-refractivity contribution in [2.75, 3.05) is 20.3 Å². The molecular weight excluding hydrogens is 399 g/mol. The third kappa shape index (κ3) is 4.53. The maximum atomic E-state index is 13.8. The summed E-state index contributed by atoms with van der Waals surface area (Å²) in [6.45, 7) is 0.0351. The van der Waals surface area contributed by atoms with E-state index in [1.165, 1.54) is 38.5 Å². The number of amides is 1. The van der Waals surface area contributed by atoms with Gasteiger partial charge in [0.05, 0.1) is 26.0 Å². The Labute approximate surface area is 182 Å². The monoisotopic (exact) mass is 428 g/mol. The number of ether oxygens (including phenoxy) is 2. The van der Waals surface area contributed by atoms with Crippen LogP contribution in [0, 0.1) is 34.9 Å². The van der Waals surface area contributed by atoms with Crippen LogP contribution < -0.4 is 4.74 Å². The molecule has 4 aliphatic carbocycles.